The van der Waals surface area contributed by atoms with Gasteiger partial charge in [0.15, 0.2) is 0 Å². The molecule has 0 spiro atoms. The molecular weight excluding hydrogens is 615 g/mol. The maximum Gasteiger partial charge on any atom is 0.325 e. The van der Waals surface area contributed by atoms with Crippen molar-refractivity contribution >= 4 is 41.7 Å². The number of hydrogen-bond acceptors (Lipinski definition) is 4. The van der Waals surface area contributed by atoms with Gasteiger partial charge in [0.05, 0.1) is 12.8 Å². The van der Waals surface area contributed by atoms with Crippen molar-refractivity contribution in [3.63, 3.8) is 0 Å². The van der Waals surface area contributed by atoms with Gasteiger partial charge in [-0.1, -0.05) is 66.7 Å². The van der Waals surface area contributed by atoms with Crippen LogP contribution in [0.2, 0.25) is 0 Å². The smallest absolute Gasteiger partial charge is 0.325 e. The first kappa shape index (κ1) is 32.8. The fourth-order valence-corrected chi connectivity index (χ4v) is 6.30. The summed E-state index contributed by atoms with van der Waals surface area (Å²) in [6, 6.07) is 52.4. The van der Waals surface area contributed by atoms with Crippen molar-refractivity contribution in [3.8, 4) is 16.9 Å². The lowest BCUT2D eigenvalue weighted by Gasteiger charge is -2.26. The summed E-state index contributed by atoms with van der Waals surface area (Å²) in [6.07, 6.45) is 0.0976. The van der Waals surface area contributed by atoms with Crippen LogP contribution < -0.4 is 14.5 Å². The molecule has 48 heavy (non-hydrogen) atoms. The van der Waals surface area contributed by atoms with Gasteiger partial charge in [-0.2, -0.15) is 0 Å². The van der Waals surface area contributed by atoms with Gasteiger partial charge in [0.1, 0.15) is 5.75 Å². The fraction of sp³-hybridized carbons (Fsp3) is 0.122. The first-order chi connectivity index (χ1) is 23.2. The molecule has 0 aliphatic carbocycles. The van der Waals surface area contributed by atoms with E-state index in [0.717, 1.165) is 50.8 Å². The van der Waals surface area contributed by atoms with Crippen molar-refractivity contribution in [2.24, 2.45) is 0 Å². The van der Waals surface area contributed by atoms with E-state index in [1.165, 1.54) is 5.56 Å². The number of ether oxygens (including phenoxy) is 1. The number of aryl methyl sites for hydroxylation is 2. The van der Waals surface area contributed by atoms with E-state index in [9.17, 15) is 4.57 Å². The lowest BCUT2D eigenvalue weighted by molar-refractivity contribution is 0.309. The first-order valence-electron chi connectivity index (χ1n) is 16.0. The lowest BCUT2D eigenvalue weighted by Crippen LogP contribution is -2.10. The molecular formula is C41H39N2O4P. The lowest BCUT2D eigenvalue weighted by atomic mass is 10.0. The van der Waals surface area contributed by atoms with Crippen LogP contribution in [0.1, 0.15) is 17.5 Å². The zero-order valence-corrected chi connectivity index (χ0v) is 28.0. The first-order valence-corrected chi connectivity index (χ1v) is 17.8. The third kappa shape index (κ3) is 8.23. The van der Waals surface area contributed by atoms with Crippen LogP contribution in [-0.4, -0.2) is 22.6 Å². The molecule has 0 bridgehead atoms. The monoisotopic (exact) mass is 654 g/mol. The summed E-state index contributed by atoms with van der Waals surface area (Å²) >= 11 is 0. The number of rotatable bonds is 12. The molecule has 2 N–H and O–H groups in total. The van der Waals surface area contributed by atoms with Gasteiger partial charge in [-0.15, -0.1) is 0 Å². The van der Waals surface area contributed by atoms with E-state index in [1.54, 1.807) is 0 Å². The largest absolute Gasteiger partial charge is 0.494 e. The summed E-state index contributed by atoms with van der Waals surface area (Å²) in [7, 11) is -4.02. The van der Waals surface area contributed by atoms with Gasteiger partial charge in [-0.25, -0.2) is 0 Å². The minimum atomic E-state index is -4.02. The molecule has 0 amide bonds. The molecule has 7 heteroatoms. The van der Waals surface area contributed by atoms with Gasteiger partial charge >= 0.3 is 7.60 Å². The Balaban J connectivity index is 1.25. The topological polar surface area (TPSA) is 73.2 Å². The third-order valence-corrected chi connectivity index (χ3v) is 8.97. The van der Waals surface area contributed by atoms with Crippen LogP contribution in [0.25, 0.3) is 11.1 Å². The van der Waals surface area contributed by atoms with Gasteiger partial charge in [0.2, 0.25) is 0 Å². The Hall–Kier alpha value is -5.13. The highest BCUT2D eigenvalue weighted by Crippen LogP contribution is 2.39. The minimum absolute atomic E-state index is 0.189. The van der Waals surface area contributed by atoms with Crippen molar-refractivity contribution in [2.45, 2.75) is 20.3 Å². The van der Waals surface area contributed by atoms with Crippen molar-refractivity contribution in [1.82, 2.24) is 0 Å². The predicted octanol–water partition coefficient (Wildman–Crippen LogP) is 10.9. The Kier molecular flexibility index (Phi) is 10.1. The van der Waals surface area contributed by atoms with Crippen LogP contribution >= 0.6 is 7.60 Å². The van der Waals surface area contributed by atoms with E-state index in [1.807, 2.05) is 30.3 Å². The highest BCUT2D eigenvalue weighted by Gasteiger charge is 2.16. The molecule has 0 atom stereocenters. The SMILES string of the molecule is Cc1cccc(N(c2ccccc2)c2ccc(-c3ccc(N(c4ccc(OCCCP(=O)(O)O)cc4)c4cccc(C)c4)cc3)cc2)c1. The van der Waals surface area contributed by atoms with E-state index in [-0.39, 0.29) is 19.2 Å². The van der Waals surface area contributed by atoms with Crippen LogP contribution in [0.3, 0.4) is 0 Å². The number of anilines is 6. The summed E-state index contributed by atoms with van der Waals surface area (Å²) < 4.78 is 16.9. The van der Waals surface area contributed by atoms with Crippen LogP contribution in [0, 0.1) is 13.8 Å². The second-order valence-corrected chi connectivity index (χ2v) is 13.6. The van der Waals surface area contributed by atoms with E-state index in [4.69, 9.17) is 14.5 Å². The summed E-state index contributed by atoms with van der Waals surface area (Å²) in [4.78, 5) is 22.7. The van der Waals surface area contributed by atoms with Gasteiger partial charge in [0, 0.05) is 34.1 Å². The molecule has 0 aliphatic heterocycles. The van der Waals surface area contributed by atoms with Crippen LogP contribution in [0.4, 0.5) is 34.1 Å². The molecule has 0 radical (unpaired) electrons. The molecule has 0 heterocycles. The quantitative estimate of drug-likeness (QED) is 0.101. The highest BCUT2D eigenvalue weighted by molar-refractivity contribution is 7.51. The second-order valence-electron chi connectivity index (χ2n) is 11.9. The molecule has 6 rings (SSSR count). The predicted molar refractivity (Wildman–Crippen MR) is 198 cm³/mol. The summed E-state index contributed by atoms with van der Waals surface area (Å²) in [5.74, 6) is 0.653. The Morgan fingerprint density at radius 3 is 1.38 bits per heavy atom. The van der Waals surface area contributed by atoms with E-state index < -0.39 is 7.60 Å². The van der Waals surface area contributed by atoms with Crippen LogP contribution in [-0.2, 0) is 4.57 Å². The maximum atomic E-state index is 11.1. The molecule has 0 unspecified atom stereocenters. The Morgan fingerprint density at radius 1 is 0.521 bits per heavy atom. The van der Waals surface area contributed by atoms with E-state index in [0.29, 0.717) is 5.75 Å². The Bertz CT molecular complexity index is 1990. The fourth-order valence-electron chi connectivity index (χ4n) is 5.76. The number of nitrogens with zero attached hydrogens (tertiary/aromatic N) is 2. The molecule has 6 aromatic carbocycles. The number of hydrogen-bond donors (Lipinski definition) is 2. The highest BCUT2D eigenvalue weighted by atomic mass is 31.2. The summed E-state index contributed by atoms with van der Waals surface area (Å²) in [5.41, 5.74) is 11.0. The minimum Gasteiger partial charge on any atom is -0.494 e. The molecule has 0 aromatic heterocycles. The zero-order valence-electron chi connectivity index (χ0n) is 27.1. The molecule has 0 saturated carbocycles. The number of para-hydroxylation sites is 1. The normalized spacial score (nSPS) is 11.2. The molecule has 0 aliphatic rings. The van der Waals surface area contributed by atoms with E-state index in [2.05, 4.69) is 145 Å². The van der Waals surface area contributed by atoms with Gasteiger partial charge in [-0.05, 0) is 127 Å². The molecule has 0 saturated heterocycles. The van der Waals surface area contributed by atoms with Crippen LogP contribution in [0.15, 0.2) is 152 Å². The Labute approximate surface area is 282 Å². The van der Waals surface area contributed by atoms with Crippen molar-refractivity contribution in [2.75, 3.05) is 22.6 Å². The summed E-state index contributed by atoms with van der Waals surface area (Å²) in [6.45, 7) is 4.44. The van der Waals surface area contributed by atoms with Crippen LogP contribution in [0.5, 0.6) is 5.75 Å². The van der Waals surface area contributed by atoms with E-state index >= 15 is 0 Å². The summed E-state index contributed by atoms with van der Waals surface area (Å²) in [5, 5.41) is 0. The Morgan fingerprint density at radius 2 is 0.938 bits per heavy atom. The van der Waals surface area contributed by atoms with Crippen molar-refractivity contribution in [3.05, 3.63) is 163 Å². The van der Waals surface area contributed by atoms with Gasteiger partial charge < -0.3 is 24.3 Å². The molecule has 242 valence electrons. The standard InChI is InChI=1S/C41H39N2O4P/c1-31-9-6-13-39(29-31)42(35-11-4-3-5-12-35)36-19-15-33(16-20-36)34-17-21-37(22-18-34)43(40-14-7-10-32(2)30-40)38-23-25-41(26-24-38)47-27-8-28-48(44,45)46/h3-7,9-26,29-30H,8,27-28H2,1-2H3,(H2,44,45,46). The molecule has 6 aromatic rings. The average Bonchev–Trinajstić information content (AvgIpc) is 3.09. The molecule has 0 fully saturated rings. The third-order valence-electron chi connectivity index (χ3n) is 8.08. The van der Waals surface area contributed by atoms with Crippen molar-refractivity contribution in [1.29, 1.82) is 0 Å². The van der Waals surface area contributed by atoms with Gasteiger partial charge in [0.25, 0.3) is 0 Å². The second kappa shape index (κ2) is 14.7. The number of benzene rings is 6. The average molecular weight is 655 g/mol. The van der Waals surface area contributed by atoms with Crippen molar-refractivity contribution < 1.29 is 19.1 Å². The maximum absolute atomic E-state index is 11.1. The van der Waals surface area contributed by atoms with Gasteiger partial charge in [-0.3, -0.25) is 4.57 Å². The zero-order chi connectivity index (χ0) is 33.5. The molecule has 6 nitrogen and oxygen atoms in total.